The van der Waals surface area contributed by atoms with Crippen LogP contribution in [0.15, 0.2) is 22.7 Å². The molecule has 0 spiro atoms. The van der Waals surface area contributed by atoms with Gasteiger partial charge in [0, 0.05) is 9.50 Å². The summed E-state index contributed by atoms with van der Waals surface area (Å²) in [7, 11) is 0. The van der Waals surface area contributed by atoms with Crippen LogP contribution in [0.5, 0.6) is 0 Å². The number of rotatable bonds is 2. The number of halogens is 2. The van der Waals surface area contributed by atoms with E-state index in [1.54, 1.807) is 12.1 Å². The Morgan fingerprint density at radius 1 is 1.20 bits per heavy atom. The first-order valence-electron chi connectivity index (χ1n) is 7.13. The molecule has 20 heavy (non-hydrogen) atoms. The molecule has 108 valence electrons. The Morgan fingerprint density at radius 2 is 1.80 bits per heavy atom. The molecule has 0 radical (unpaired) electrons. The van der Waals surface area contributed by atoms with Crippen LogP contribution in [-0.4, -0.2) is 5.11 Å². The third kappa shape index (κ3) is 3.36. The number of hydrogen-bond acceptors (Lipinski definition) is 2. The van der Waals surface area contributed by atoms with Gasteiger partial charge >= 0.3 is 0 Å². The lowest BCUT2D eigenvalue weighted by Crippen LogP contribution is -2.28. The molecule has 1 aromatic rings. The van der Waals surface area contributed by atoms with Gasteiger partial charge in [-0.1, -0.05) is 65.7 Å². The van der Waals surface area contributed by atoms with Crippen LogP contribution < -0.4 is 0 Å². The second-order valence-corrected chi connectivity index (χ2v) is 6.89. The van der Waals surface area contributed by atoms with Crippen molar-refractivity contribution < 1.29 is 5.11 Å². The fourth-order valence-corrected chi connectivity index (χ4v) is 3.90. The van der Waals surface area contributed by atoms with Crippen molar-refractivity contribution in [2.24, 2.45) is 5.41 Å². The summed E-state index contributed by atoms with van der Waals surface area (Å²) in [5.74, 6) is 0. The minimum absolute atomic E-state index is 0.622. The summed E-state index contributed by atoms with van der Waals surface area (Å²) in [6, 6.07) is 7.77. The predicted molar refractivity (Wildman–Crippen MR) is 84.5 cm³/mol. The van der Waals surface area contributed by atoms with Gasteiger partial charge in [-0.05, 0) is 30.5 Å². The molecule has 1 aromatic carbocycles. The molecule has 1 atom stereocenters. The molecule has 0 heterocycles. The molecule has 0 aliphatic heterocycles. The fraction of sp³-hybridized carbons (Fsp3) is 0.562. The second kappa shape index (κ2) is 6.93. The van der Waals surface area contributed by atoms with Gasteiger partial charge in [0.15, 0.2) is 0 Å². The van der Waals surface area contributed by atoms with E-state index < -0.39 is 11.5 Å². The molecule has 1 N–H and O–H groups in total. The van der Waals surface area contributed by atoms with Crippen molar-refractivity contribution >= 4 is 27.5 Å². The minimum atomic E-state index is -0.766. The van der Waals surface area contributed by atoms with Gasteiger partial charge in [-0.3, -0.25) is 0 Å². The summed E-state index contributed by atoms with van der Waals surface area (Å²) in [5.41, 5.74) is 0.0908. The van der Waals surface area contributed by atoms with Gasteiger partial charge in [0.2, 0.25) is 0 Å². The smallest absolute Gasteiger partial charge is 0.0987 e. The Morgan fingerprint density at radius 3 is 2.35 bits per heavy atom. The van der Waals surface area contributed by atoms with Crippen molar-refractivity contribution in [2.45, 2.75) is 51.0 Å². The van der Waals surface area contributed by atoms with Crippen LogP contribution in [0, 0.1) is 16.7 Å². The quantitative estimate of drug-likeness (QED) is 0.772. The Bertz CT molecular complexity index is 504. The number of nitrogens with zero attached hydrogens (tertiary/aromatic N) is 1. The van der Waals surface area contributed by atoms with Gasteiger partial charge in [0.25, 0.3) is 0 Å². The van der Waals surface area contributed by atoms with E-state index in [1.165, 1.54) is 6.42 Å². The zero-order valence-electron chi connectivity index (χ0n) is 11.4. The van der Waals surface area contributed by atoms with Crippen LogP contribution in [0.2, 0.25) is 5.02 Å². The molecule has 1 aliphatic rings. The molecule has 2 rings (SSSR count). The molecule has 2 nitrogen and oxygen atoms in total. The SMILES string of the molecule is N#CC1(C(O)c2ccc(Cl)cc2Br)CCCCCCC1. The van der Waals surface area contributed by atoms with Crippen molar-refractivity contribution in [1.82, 2.24) is 0 Å². The van der Waals surface area contributed by atoms with Crippen LogP contribution in [0.25, 0.3) is 0 Å². The third-order valence-electron chi connectivity index (χ3n) is 4.25. The standard InChI is InChI=1S/C16H19BrClNO/c17-14-10-12(18)6-7-13(14)15(20)16(11-19)8-4-2-1-3-5-9-16/h6-7,10,15,20H,1-5,8-9H2. The van der Waals surface area contributed by atoms with E-state index in [0.29, 0.717) is 5.02 Å². The second-order valence-electron chi connectivity index (χ2n) is 5.60. The van der Waals surface area contributed by atoms with E-state index >= 15 is 0 Å². The molecule has 1 fully saturated rings. The van der Waals surface area contributed by atoms with E-state index in [4.69, 9.17) is 11.6 Å². The van der Waals surface area contributed by atoms with Crippen LogP contribution in [-0.2, 0) is 0 Å². The summed E-state index contributed by atoms with van der Waals surface area (Å²) in [4.78, 5) is 0. The summed E-state index contributed by atoms with van der Waals surface area (Å²) in [5, 5.41) is 21.1. The molecule has 0 aromatic heterocycles. The molecule has 0 saturated heterocycles. The number of hydrogen-bond donors (Lipinski definition) is 1. The van der Waals surface area contributed by atoms with Crippen LogP contribution in [0.4, 0.5) is 0 Å². The van der Waals surface area contributed by atoms with Gasteiger partial charge in [0.1, 0.15) is 0 Å². The molecule has 1 aliphatic carbocycles. The van der Waals surface area contributed by atoms with Gasteiger partial charge in [-0.25, -0.2) is 0 Å². The first-order chi connectivity index (χ1) is 9.59. The van der Waals surface area contributed by atoms with Gasteiger partial charge in [-0.15, -0.1) is 0 Å². The minimum Gasteiger partial charge on any atom is -0.387 e. The van der Waals surface area contributed by atoms with E-state index in [0.717, 1.165) is 48.6 Å². The Kier molecular flexibility index (Phi) is 5.49. The Balaban J connectivity index is 2.31. The highest BCUT2D eigenvalue weighted by molar-refractivity contribution is 9.10. The van der Waals surface area contributed by atoms with E-state index in [-0.39, 0.29) is 0 Å². The Labute approximate surface area is 133 Å². The highest BCUT2D eigenvalue weighted by Gasteiger charge is 2.39. The highest BCUT2D eigenvalue weighted by Crippen LogP contribution is 2.45. The molecule has 0 bridgehead atoms. The van der Waals surface area contributed by atoms with Crippen LogP contribution in [0.1, 0.15) is 56.6 Å². The van der Waals surface area contributed by atoms with Gasteiger partial charge < -0.3 is 5.11 Å². The zero-order chi connectivity index (χ0) is 14.6. The number of aliphatic hydroxyl groups excluding tert-OH is 1. The summed E-state index contributed by atoms with van der Waals surface area (Å²) in [6.45, 7) is 0. The lowest BCUT2D eigenvalue weighted by molar-refractivity contribution is 0.0429. The fourth-order valence-electron chi connectivity index (χ4n) is 3.00. The van der Waals surface area contributed by atoms with Gasteiger partial charge in [0.05, 0.1) is 17.6 Å². The highest BCUT2D eigenvalue weighted by atomic mass is 79.9. The Hall–Kier alpha value is -0.560. The first kappa shape index (κ1) is 15.8. The number of aliphatic hydroxyl groups is 1. The molecule has 1 saturated carbocycles. The molecular weight excluding hydrogens is 338 g/mol. The largest absolute Gasteiger partial charge is 0.387 e. The molecule has 0 amide bonds. The van der Waals surface area contributed by atoms with Crippen LogP contribution in [0.3, 0.4) is 0 Å². The average Bonchev–Trinajstić information content (AvgIpc) is 2.38. The monoisotopic (exact) mass is 355 g/mol. The zero-order valence-corrected chi connectivity index (χ0v) is 13.8. The average molecular weight is 357 g/mol. The van der Waals surface area contributed by atoms with Gasteiger partial charge in [-0.2, -0.15) is 5.26 Å². The summed E-state index contributed by atoms with van der Waals surface area (Å²) in [6.07, 6.45) is 6.32. The first-order valence-corrected chi connectivity index (χ1v) is 8.30. The normalized spacial score (nSPS) is 20.5. The van der Waals surface area contributed by atoms with Crippen molar-refractivity contribution in [1.29, 1.82) is 5.26 Å². The van der Waals surface area contributed by atoms with Crippen molar-refractivity contribution in [3.63, 3.8) is 0 Å². The molecular formula is C16H19BrClNO. The van der Waals surface area contributed by atoms with Crippen molar-refractivity contribution in [3.05, 3.63) is 33.3 Å². The maximum atomic E-state index is 10.8. The van der Waals surface area contributed by atoms with Crippen LogP contribution >= 0.6 is 27.5 Å². The lowest BCUT2D eigenvalue weighted by atomic mass is 9.71. The maximum absolute atomic E-state index is 10.8. The van der Waals surface area contributed by atoms with E-state index in [2.05, 4.69) is 22.0 Å². The molecule has 1 unspecified atom stereocenters. The van der Waals surface area contributed by atoms with E-state index in [9.17, 15) is 10.4 Å². The number of benzene rings is 1. The summed E-state index contributed by atoms with van der Waals surface area (Å²) < 4.78 is 0.772. The maximum Gasteiger partial charge on any atom is 0.0987 e. The lowest BCUT2D eigenvalue weighted by Gasteiger charge is -2.34. The predicted octanol–water partition coefficient (Wildman–Crippen LogP) is 5.39. The molecule has 4 heteroatoms. The van der Waals surface area contributed by atoms with E-state index in [1.807, 2.05) is 6.07 Å². The topological polar surface area (TPSA) is 44.0 Å². The third-order valence-corrected chi connectivity index (χ3v) is 5.17. The van der Waals surface area contributed by atoms with Crippen molar-refractivity contribution in [2.75, 3.05) is 0 Å². The van der Waals surface area contributed by atoms with Crippen molar-refractivity contribution in [3.8, 4) is 6.07 Å². The number of nitriles is 1. The summed E-state index contributed by atoms with van der Waals surface area (Å²) >= 11 is 9.40.